The summed E-state index contributed by atoms with van der Waals surface area (Å²) in [4.78, 5) is 22.8. The highest BCUT2D eigenvalue weighted by molar-refractivity contribution is 5.99. The van der Waals surface area contributed by atoms with E-state index < -0.39 is 23.6 Å². The molecule has 1 atom stereocenters. The number of amides is 2. The van der Waals surface area contributed by atoms with Crippen molar-refractivity contribution >= 4 is 11.8 Å². The Morgan fingerprint density at radius 1 is 1.24 bits per heavy atom. The lowest BCUT2D eigenvalue weighted by Crippen LogP contribution is -2.41. The summed E-state index contributed by atoms with van der Waals surface area (Å²) in [6.07, 6.45) is 1.74. The molecule has 1 aromatic carbocycles. The van der Waals surface area contributed by atoms with Crippen LogP contribution in [0.25, 0.3) is 11.3 Å². The lowest BCUT2D eigenvalue weighted by molar-refractivity contribution is -0.136. The van der Waals surface area contributed by atoms with Crippen molar-refractivity contribution in [3.8, 4) is 11.3 Å². The zero-order chi connectivity index (χ0) is 15.0. The second-order valence-electron chi connectivity index (χ2n) is 4.65. The van der Waals surface area contributed by atoms with Crippen LogP contribution in [0.4, 0.5) is 8.78 Å². The average Bonchev–Trinajstić information content (AvgIpc) is 2.87. The Morgan fingerprint density at radius 2 is 1.95 bits per heavy atom. The zero-order valence-electron chi connectivity index (χ0n) is 10.7. The second kappa shape index (κ2) is 5.04. The quantitative estimate of drug-likeness (QED) is 0.844. The molecule has 108 valence electrons. The molecule has 0 radical (unpaired) electrons. The van der Waals surface area contributed by atoms with Crippen LogP contribution in [-0.2, 0) is 9.59 Å². The molecule has 1 aliphatic rings. The Morgan fingerprint density at radius 3 is 2.62 bits per heavy atom. The van der Waals surface area contributed by atoms with E-state index in [4.69, 9.17) is 0 Å². The van der Waals surface area contributed by atoms with Crippen LogP contribution >= 0.6 is 0 Å². The maximum absolute atomic E-state index is 13.7. The van der Waals surface area contributed by atoms with Gasteiger partial charge in [0, 0.05) is 6.42 Å². The first-order valence-corrected chi connectivity index (χ1v) is 6.26. The third-order valence-corrected chi connectivity index (χ3v) is 3.26. The summed E-state index contributed by atoms with van der Waals surface area (Å²) >= 11 is 0. The van der Waals surface area contributed by atoms with Crippen LogP contribution in [0.3, 0.4) is 0 Å². The van der Waals surface area contributed by atoms with E-state index in [-0.39, 0.29) is 30.0 Å². The van der Waals surface area contributed by atoms with E-state index in [1.54, 1.807) is 0 Å². The van der Waals surface area contributed by atoms with Gasteiger partial charge in [0.15, 0.2) is 0 Å². The monoisotopic (exact) mass is 292 g/mol. The van der Waals surface area contributed by atoms with Gasteiger partial charge in [-0.05, 0) is 18.6 Å². The zero-order valence-corrected chi connectivity index (χ0v) is 10.7. The van der Waals surface area contributed by atoms with Gasteiger partial charge in [0.2, 0.25) is 5.91 Å². The summed E-state index contributed by atoms with van der Waals surface area (Å²) in [6, 6.07) is 2.77. The lowest BCUT2D eigenvalue weighted by Gasteiger charge is -2.20. The fraction of sp³-hybridized carbons (Fsp3) is 0.231. The second-order valence-corrected chi connectivity index (χ2v) is 4.65. The molecule has 1 N–H and O–H groups in total. The third-order valence-electron chi connectivity index (χ3n) is 3.26. The number of benzene rings is 1. The molecular formula is C13H10F2N4O2. The number of imide groups is 1. The van der Waals surface area contributed by atoms with E-state index in [1.165, 1.54) is 16.9 Å². The number of hydrogen-bond donors (Lipinski definition) is 1. The number of nitrogens with one attached hydrogen (secondary N) is 1. The molecule has 21 heavy (non-hydrogen) atoms. The van der Waals surface area contributed by atoms with Crippen LogP contribution in [0, 0.1) is 11.6 Å². The van der Waals surface area contributed by atoms with Gasteiger partial charge in [-0.3, -0.25) is 14.9 Å². The first-order chi connectivity index (χ1) is 10.1. The minimum Gasteiger partial charge on any atom is -0.295 e. The van der Waals surface area contributed by atoms with E-state index >= 15 is 0 Å². The van der Waals surface area contributed by atoms with Crippen molar-refractivity contribution in [1.82, 2.24) is 20.3 Å². The molecule has 1 aromatic heterocycles. The van der Waals surface area contributed by atoms with Gasteiger partial charge in [0.25, 0.3) is 5.91 Å². The van der Waals surface area contributed by atoms with Crippen LogP contribution in [0.15, 0.2) is 24.4 Å². The van der Waals surface area contributed by atoms with E-state index in [0.717, 1.165) is 12.1 Å². The standard InChI is InChI=1S/C13H10F2N4O2/c14-7-2-1-3-8(15)12(7)9-6-19(18-17-9)10-4-5-11(20)16-13(10)21/h1-3,6,10H,4-5H2,(H,16,20,21). The van der Waals surface area contributed by atoms with Gasteiger partial charge in [-0.2, -0.15) is 0 Å². The van der Waals surface area contributed by atoms with Crippen molar-refractivity contribution < 1.29 is 18.4 Å². The lowest BCUT2D eigenvalue weighted by atomic mass is 10.1. The van der Waals surface area contributed by atoms with Gasteiger partial charge in [0.1, 0.15) is 23.4 Å². The smallest absolute Gasteiger partial charge is 0.251 e. The number of rotatable bonds is 2. The van der Waals surface area contributed by atoms with Gasteiger partial charge in [-0.25, -0.2) is 13.5 Å². The van der Waals surface area contributed by atoms with Crippen molar-refractivity contribution in [2.24, 2.45) is 0 Å². The first-order valence-electron chi connectivity index (χ1n) is 6.26. The number of carbonyl (C=O) groups excluding carboxylic acids is 2. The molecule has 3 rings (SSSR count). The third kappa shape index (κ3) is 2.39. The molecule has 1 aliphatic heterocycles. The van der Waals surface area contributed by atoms with Crippen LogP contribution in [-0.4, -0.2) is 26.8 Å². The summed E-state index contributed by atoms with van der Waals surface area (Å²) in [6.45, 7) is 0. The maximum atomic E-state index is 13.7. The molecule has 6 nitrogen and oxygen atoms in total. The highest BCUT2D eigenvalue weighted by Crippen LogP contribution is 2.25. The normalized spacial score (nSPS) is 18.7. The Labute approximate surface area is 117 Å². The van der Waals surface area contributed by atoms with Gasteiger partial charge in [-0.1, -0.05) is 11.3 Å². The van der Waals surface area contributed by atoms with Crippen molar-refractivity contribution in [3.05, 3.63) is 36.0 Å². The Hall–Kier alpha value is -2.64. The van der Waals surface area contributed by atoms with E-state index in [2.05, 4.69) is 15.6 Å². The van der Waals surface area contributed by atoms with Crippen LogP contribution in [0.2, 0.25) is 0 Å². The van der Waals surface area contributed by atoms with Crippen LogP contribution in [0.1, 0.15) is 18.9 Å². The van der Waals surface area contributed by atoms with Crippen molar-refractivity contribution in [3.63, 3.8) is 0 Å². The number of piperidine rings is 1. The summed E-state index contributed by atoms with van der Waals surface area (Å²) in [5.41, 5.74) is -0.300. The van der Waals surface area contributed by atoms with E-state index in [0.29, 0.717) is 0 Å². The molecule has 1 unspecified atom stereocenters. The molecule has 0 saturated carbocycles. The molecule has 1 saturated heterocycles. The van der Waals surface area contributed by atoms with Crippen LogP contribution < -0.4 is 5.32 Å². The number of halogens is 2. The molecule has 1 fully saturated rings. The van der Waals surface area contributed by atoms with E-state index in [9.17, 15) is 18.4 Å². The predicted molar refractivity (Wildman–Crippen MR) is 66.8 cm³/mol. The number of carbonyl (C=O) groups is 2. The van der Waals surface area contributed by atoms with Gasteiger partial charge in [0.05, 0.1) is 11.8 Å². The Balaban J connectivity index is 1.94. The Kier molecular flexibility index (Phi) is 3.20. The fourth-order valence-electron chi connectivity index (χ4n) is 2.22. The van der Waals surface area contributed by atoms with Gasteiger partial charge < -0.3 is 0 Å². The van der Waals surface area contributed by atoms with Gasteiger partial charge in [-0.15, -0.1) is 5.10 Å². The maximum Gasteiger partial charge on any atom is 0.251 e. The summed E-state index contributed by atoms with van der Waals surface area (Å²) in [5, 5.41) is 9.62. The largest absolute Gasteiger partial charge is 0.295 e. The first kappa shape index (κ1) is 13.3. The SMILES string of the molecule is O=C1CCC(n2cc(-c3c(F)cccc3F)nn2)C(=O)N1. The minimum atomic E-state index is -0.759. The topological polar surface area (TPSA) is 76.9 Å². The summed E-state index contributed by atoms with van der Waals surface area (Å²) in [7, 11) is 0. The summed E-state index contributed by atoms with van der Waals surface area (Å²) < 4.78 is 28.6. The molecule has 0 bridgehead atoms. The van der Waals surface area contributed by atoms with Crippen molar-refractivity contribution in [1.29, 1.82) is 0 Å². The molecule has 0 aliphatic carbocycles. The highest BCUT2D eigenvalue weighted by Gasteiger charge is 2.29. The average molecular weight is 292 g/mol. The predicted octanol–water partition coefficient (Wildman–Crippen LogP) is 1.20. The molecule has 0 spiro atoms. The van der Waals surface area contributed by atoms with E-state index in [1.807, 2.05) is 0 Å². The molecule has 8 heteroatoms. The summed E-state index contributed by atoms with van der Waals surface area (Å²) in [5.74, 6) is -2.37. The highest BCUT2D eigenvalue weighted by atomic mass is 19.1. The van der Waals surface area contributed by atoms with Crippen molar-refractivity contribution in [2.75, 3.05) is 0 Å². The Bertz CT molecular complexity index is 708. The van der Waals surface area contributed by atoms with Crippen LogP contribution in [0.5, 0.6) is 0 Å². The van der Waals surface area contributed by atoms with Crippen molar-refractivity contribution in [2.45, 2.75) is 18.9 Å². The fourth-order valence-corrected chi connectivity index (χ4v) is 2.22. The molecular weight excluding hydrogens is 282 g/mol. The molecule has 2 aromatic rings. The molecule has 2 amide bonds. The molecule has 2 heterocycles. The minimum absolute atomic E-state index is 0.00435. The van der Waals surface area contributed by atoms with Gasteiger partial charge >= 0.3 is 0 Å². The number of hydrogen-bond acceptors (Lipinski definition) is 4. The number of nitrogens with zero attached hydrogens (tertiary/aromatic N) is 3. The number of aromatic nitrogens is 3.